The average Bonchev–Trinajstić information content (AvgIpc) is 3.45. The number of ether oxygens (including phenoxy) is 1. The molecule has 0 spiro atoms. The lowest BCUT2D eigenvalue weighted by atomic mass is 10.1. The largest absolute Gasteiger partial charge is 0.573 e. The van der Waals surface area contributed by atoms with Crippen molar-refractivity contribution in [1.29, 1.82) is 0 Å². The fourth-order valence-electron chi connectivity index (χ4n) is 2.84. The smallest absolute Gasteiger partial charge is 0.406 e. The number of hydrogen-bond acceptors (Lipinski definition) is 5. The van der Waals surface area contributed by atoms with E-state index in [9.17, 15) is 22.8 Å². The number of nitrogens with one attached hydrogen (secondary N) is 1. The third-order valence-corrected chi connectivity index (χ3v) is 4.46. The third-order valence-electron chi connectivity index (χ3n) is 4.46. The standard InChI is InChI=1S/C20H20F3N3O3/c1-11-9-16(26-18(24-11)10-17(27)14-3-4-14)19(28)25-12(2)13-5-7-15(8-6-13)29-20(21,22)23/h5-9,12,14H,3-4,10H2,1-2H3,(H,25,28)/t12-/m1/s1. The summed E-state index contributed by atoms with van der Waals surface area (Å²) in [5, 5.41) is 2.75. The first-order valence-electron chi connectivity index (χ1n) is 9.14. The normalized spacial score (nSPS) is 14.9. The maximum atomic E-state index is 12.6. The Labute approximate surface area is 165 Å². The van der Waals surface area contributed by atoms with Crippen LogP contribution in [0.2, 0.25) is 0 Å². The molecule has 29 heavy (non-hydrogen) atoms. The molecular formula is C20H20F3N3O3. The molecule has 1 aromatic heterocycles. The second-order valence-electron chi connectivity index (χ2n) is 7.04. The van der Waals surface area contributed by atoms with Crippen molar-refractivity contribution in [2.75, 3.05) is 0 Å². The summed E-state index contributed by atoms with van der Waals surface area (Å²) in [6, 6.07) is 6.29. The van der Waals surface area contributed by atoms with Crippen LogP contribution in [0.25, 0.3) is 0 Å². The summed E-state index contributed by atoms with van der Waals surface area (Å²) in [5.74, 6) is -0.319. The fourth-order valence-corrected chi connectivity index (χ4v) is 2.84. The topological polar surface area (TPSA) is 81.2 Å². The molecule has 9 heteroatoms. The summed E-state index contributed by atoms with van der Waals surface area (Å²) >= 11 is 0. The SMILES string of the molecule is Cc1cc(C(=O)N[C@H](C)c2ccc(OC(F)(F)F)cc2)nc(CC(=O)C2CC2)n1. The summed E-state index contributed by atoms with van der Waals surface area (Å²) in [7, 11) is 0. The van der Waals surface area contributed by atoms with Crippen molar-refractivity contribution in [3.05, 3.63) is 53.1 Å². The molecule has 1 saturated carbocycles. The van der Waals surface area contributed by atoms with E-state index in [2.05, 4.69) is 20.0 Å². The summed E-state index contributed by atoms with van der Waals surface area (Å²) in [4.78, 5) is 33.0. The number of aromatic nitrogens is 2. The monoisotopic (exact) mass is 407 g/mol. The Morgan fingerprint density at radius 1 is 1.21 bits per heavy atom. The van der Waals surface area contributed by atoms with Gasteiger partial charge in [0.25, 0.3) is 5.91 Å². The number of halogens is 3. The molecule has 2 aromatic rings. The summed E-state index contributed by atoms with van der Waals surface area (Å²) in [5.41, 5.74) is 1.31. The predicted molar refractivity (Wildman–Crippen MR) is 97.2 cm³/mol. The van der Waals surface area contributed by atoms with E-state index in [4.69, 9.17) is 0 Å². The van der Waals surface area contributed by atoms with Crippen molar-refractivity contribution in [2.24, 2.45) is 5.92 Å². The van der Waals surface area contributed by atoms with Gasteiger partial charge in [-0.1, -0.05) is 12.1 Å². The highest BCUT2D eigenvalue weighted by Gasteiger charge is 2.31. The Morgan fingerprint density at radius 3 is 2.45 bits per heavy atom. The van der Waals surface area contributed by atoms with Gasteiger partial charge in [-0.2, -0.15) is 0 Å². The van der Waals surface area contributed by atoms with Crippen LogP contribution in [0.3, 0.4) is 0 Å². The highest BCUT2D eigenvalue weighted by atomic mass is 19.4. The van der Waals surface area contributed by atoms with Crippen LogP contribution < -0.4 is 10.1 Å². The van der Waals surface area contributed by atoms with Gasteiger partial charge in [0, 0.05) is 11.6 Å². The third kappa shape index (κ3) is 6.00. The van der Waals surface area contributed by atoms with Crippen LogP contribution >= 0.6 is 0 Å². The minimum atomic E-state index is -4.76. The maximum Gasteiger partial charge on any atom is 0.573 e. The molecule has 1 fully saturated rings. The maximum absolute atomic E-state index is 12.6. The molecule has 0 radical (unpaired) electrons. The van der Waals surface area contributed by atoms with Gasteiger partial charge >= 0.3 is 6.36 Å². The molecule has 0 saturated heterocycles. The van der Waals surface area contributed by atoms with E-state index >= 15 is 0 Å². The molecule has 6 nitrogen and oxygen atoms in total. The molecule has 154 valence electrons. The lowest BCUT2D eigenvalue weighted by molar-refractivity contribution is -0.274. The minimum Gasteiger partial charge on any atom is -0.406 e. The Hall–Kier alpha value is -2.97. The van der Waals surface area contributed by atoms with Gasteiger partial charge in [0.1, 0.15) is 23.1 Å². The Balaban J connectivity index is 1.66. The number of amides is 1. The summed E-state index contributed by atoms with van der Waals surface area (Å²) in [6.45, 7) is 3.41. The quantitative estimate of drug-likeness (QED) is 0.757. The number of carbonyl (C=O) groups is 2. The number of Topliss-reactive ketones (excluding diaryl/α,β-unsaturated/α-hetero) is 1. The first kappa shape index (κ1) is 20.8. The Kier molecular flexibility index (Phi) is 5.86. The highest BCUT2D eigenvalue weighted by Crippen LogP contribution is 2.30. The molecule has 0 unspecified atom stereocenters. The number of aryl methyl sites for hydroxylation is 1. The predicted octanol–water partition coefficient (Wildman–Crippen LogP) is 3.70. The molecule has 1 atom stereocenters. The fraction of sp³-hybridized carbons (Fsp3) is 0.400. The van der Waals surface area contributed by atoms with Crippen LogP contribution in [0.4, 0.5) is 13.2 Å². The van der Waals surface area contributed by atoms with Crippen LogP contribution in [0.1, 0.15) is 53.4 Å². The van der Waals surface area contributed by atoms with Crippen molar-refractivity contribution in [3.63, 3.8) is 0 Å². The van der Waals surface area contributed by atoms with E-state index in [-0.39, 0.29) is 29.6 Å². The van der Waals surface area contributed by atoms with Gasteiger partial charge in [-0.15, -0.1) is 13.2 Å². The molecule has 1 N–H and O–H groups in total. The van der Waals surface area contributed by atoms with Gasteiger partial charge in [0.05, 0.1) is 12.5 Å². The van der Waals surface area contributed by atoms with Gasteiger partial charge in [-0.3, -0.25) is 9.59 Å². The van der Waals surface area contributed by atoms with Crippen molar-refractivity contribution >= 4 is 11.7 Å². The number of alkyl halides is 3. The van der Waals surface area contributed by atoms with Gasteiger partial charge < -0.3 is 10.1 Å². The lowest BCUT2D eigenvalue weighted by Gasteiger charge is -2.15. The van der Waals surface area contributed by atoms with Gasteiger partial charge in [0.15, 0.2) is 0 Å². The molecule has 1 aromatic carbocycles. The Bertz CT molecular complexity index is 909. The minimum absolute atomic E-state index is 0.0801. The van der Waals surface area contributed by atoms with E-state index < -0.39 is 18.3 Å². The van der Waals surface area contributed by atoms with Crippen LogP contribution in [-0.4, -0.2) is 28.0 Å². The molecule has 1 heterocycles. The van der Waals surface area contributed by atoms with Crippen LogP contribution in [0, 0.1) is 12.8 Å². The number of ketones is 1. The zero-order valence-electron chi connectivity index (χ0n) is 15.9. The first-order chi connectivity index (χ1) is 13.6. The van der Waals surface area contributed by atoms with Gasteiger partial charge in [-0.25, -0.2) is 9.97 Å². The Morgan fingerprint density at radius 2 is 1.86 bits per heavy atom. The van der Waals surface area contributed by atoms with E-state index in [1.165, 1.54) is 30.3 Å². The van der Waals surface area contributed by atoms with Crippen molar-refractivity contribution in [1.82, 2.24) is 15.3 Å². The molecule has 1 amide bonds. The van der Waals surface area contributed by atoms with Crippen molar-refractivity contribution in [3.8, 4) is 5.75 Å². The second kappa shape index (κ2) is 8.18. The lowest BCUT2D eigenvalue weighted by Crippen LogP contribution is -2.28. The number of hydrogen-bond donors (Lipinski definition) is 1. The molecule has 1 aliphatic rings. The number of nitrogens with zero attached hydrogens (tertiary/aromatic N) is 2. The molecule has 0 bridgehead atoms. The number of rotatable bonds is 7. The van der Waals surface area contributed by atoms with Crippen molar-refractivity contribution in [2.45, 2.75) is 45.5 Å². The molecule has 3 rings (SSSR count). The van der Waals surface area contributed by atoms with E-state index in [0.717, 1.165) is 12.8 Å². The first-order valence-corrected chi connectivity index (χ1v) is 9.14. The summed E-state index contributed by atoms with van der Waals surface area (Å²) in [6.07, 6.45) is -2.88. The number of carbonyl (C=O) groups excluding carboxylic acids is 2. The number of benzene rings is 1. The van der Waals surface area contributed by atoms with Gasteiger partial charge in [0.2, 0.25) is 0 Å². The zero-order chi connectivity index (χ0) is 21.2. The van der Waals surface area contributed by atoms with Crippen LogP contribution in [0.15, 0.2) is 30.3 Å². The second-order valence-corrected chi connectivity index (χ2v) is 7.04. The molecular weight excluding hydrogens is 387 g/mol. The van der Waals surface area contributed by atoms with E-state index in [1.807, 2.05) is 0 Å². The summed E-state index contributed by atoms with van der Waals surface area (Å²) < 4.78 is 40.6. The average molecular weight is 407 g/mol. The molecule has 1 aliphatic carbocycles. The van der Waals surface area contributed by atoms with E-state index in [1.54, 1.807) is 13.8 Å². The molecule has 0 aliphatic heterocycles. The highest BCUT2D eigenvalue weighted by molar-refractivity contribution is 5.92. The van der Waals surface area contributed by atoms with Gasteiger partial charge in [-0.05, 0) is 50.5 Å². The van der Waals surface area contributed by atoms with E-state index in [0.29, 0.717) is 17.1 Å². The van der Waals surface area contributed by atoms with Crippen LogP contribution in [-0.2, 0) is 11.2 Å². The zero-order valence-corrected chi connectivity index (χ0v) is 15.9. The van der Waals surface area contributed by atoms with Crippen molar-refractivity contribution < 1.29 is 27.5 Å². The van der Waals surface area contributed by atoms with Crippen LogP contribution in [0.5, 0.6) is 5.75 Å².